The van der Waals surface area contributed by atoms with E-state index in [0.717, 1.165) is 12.1 Å². The van der Waals surface area contributed by atoms with Gasteiger partial charge in [-0.1, -0.05) is 63.8 Å². The van der Waals surface area contributed by atoms with E-state index in [1.807, 2.05) is 6.92 Å². The van der Waals surface area contributed by atoms with Gasteiger partial charge in [-0.3, -0.25) is 0 Å². The van der Waals surface area contributed by atoms with Gasteiger partial charge in [0.25, 0.3) is 0 Å². The quantitative estimate of drug-likeness (QED) is 0.624. The molecule has 0 aromatic heterocycles. The summed E-state index contributed by atoms with van der Waals surface area (Å²) in [5.74, 6) is 0.552. The number of hydrogen-bond acceptors (Lipinski definition) is 1. The van der Waals surface area contributed by atoms with Crippen LogP contribution in [0.4, 0.5) is 0 Å². The van der Waals surface area contributed by atoms with Gasteiger partial charge in [-0.25, -0.2) is 0 Å². The molecular formula is C21H33N. The van der Waals surface area contributed by atoms with Crippen LogP contribution in [0.2, 0.25) is 0 Å². The predicted octanol–water partition coefficient (Wildman–Crippen LogP) is 5.77. The van der Waals surface area contributed by atoms with E-state index < -0.39 is 0 Å². The Morgan fingerprint density at radius 1 is 1.18 bits per heavy atom. The first kappa shape index (κ1) is 20.3. The SMILES string of the molecule is C=C=C(C)[C@H](C(C)C)N(C)C(=C)C.CCc1ccc(C)cc1. The molecule has 122 valence electrons. The van der Waals surface area contributed by atoms with Gasteiger partial charge in [0.1, 0.15) is 0 Å². The third-order valence-corrected chi connectivity index (χ3v) is 3.90. The van der Waals surface area contributed by atoms with E-state index >= 15 is 0 Å². The average Bonchev–Trinajstić information content (AvgIpc) is 2.48. The van der Waals surface area contributed by atoms with Gasteiger partial charge < -0.3 is 4.90 Å². The van der Waals surface area contributed by atoms with Crippen LogP contribution >= 0.6 is 0 Å². The Morgan fingerprint density at radius 3 is 2.00 bits per heavy atom. The topological polar surface area (TPSA) is 3.24 Å². The van der Waals surface area contributed by atoms with Crippen molar-refractivity contribution >= 4 is 0 Å². The fraction of sp³-hybridized carbons (Fsp3) is 0.476. The molecule has 0 bridgehead atoms. The normalized spacial score (nSPS) is 11.1. The van der Waals surface area contributed by atoms with Crippen LogP contribution in [-0.2, 0) is 6.42 Å². The lowest BCUT2D eigenvalue weighted by molar-refractivity contribution is 0.276. The molecule has 0 fully saturated rings. The fourth-order valence-corrected chi connectivity index (χ4v) is 2.40. The summed E-state index contributed by atoms with van der Waals surface area (Å²) in [4.78, 5) is 2.18. The number of nitrogens with zero attached hydrogens (tertiary/aromatic N) is 1. The Labute approximate surface area is 138 Å². The molecule has 0 unspecified atom stereocenters. The predicted molar refractivity (Wildman–Crippen MR) is 100 cm³/mol. The Morgan fingerprint density at radius 2 is 1.68 bits per heavy atom. The van der Waals surface area contributed by atoms with Crippen molar-refractivity contribution in [2.75, 3.05) is 7.05 Å². The molecule has 1 aromatic carbocycles. The van der Waals surface area contributed by atoms with Gasteiger partial charge >= 0.3 is 0 Å². The Balaban J connectivity index is 0.000000425. The third-order valence-electron chi connectivity index (χ3n) is 3.90. The molecule has 0 radical (unpaired) electrons. The van der Waals surface area contributed by atoms with Crippen LogP contribution in [0.1, 0.15) is 45.7 Å². The standard InChI is InChI=1S/C12H21N.C9H12/c1-8-11(6)12(9(2)3)13(7)10(4)5;1-3-9-6-4-8(2)5-7-9/h9,12H,1,4H2,2-3,5-7H3;4-7H,3H2,1-2H3/t12-;/m0./s1. The molecule has 0 N–H and O–H groups in total. The van der Waals surface area contributed by atoms with Crippen molar-refractivity contribution in [3.05, 3.63) is 65.6 Å². The molecule has 0 saturated carbocycles. The van der Waals surface area contributed by atoms with Crippen LogP contribution in [0.25, 0.3) is 0 Å². The minimum atomic E-state index is 0.370. The second kappa shape index (κ2) is 10.1. The first-order valence-corrected chi connectivity index (χ1v) is 8.04. The first-order chi connectivity index (χ1) is 10.2. The van der Waals surface area contributed by atoms with E-state index in [-0.39, 0.29) is 0 Å². The summed E-state index contributed by atoms with van der Waals surface area (Å²) in [5.41, 5.74) is 7.98. The van der Waals surface area contributed by atoms with Crippen LogP contribution in [0, 0.1) is 12.8 Å². The maximum atomic E-state index is 3.94. The second-order valence-corrected chi connectivity index (χ2v) is 6.23. The lowest BCUT2D eigenvalue weighted by atomic mass is 9.96. The van der Waals surface area contributed by atoms with E-state index in [9.17, 15) is 0 Å². The zero-order valence-corrected chi connectivity index (χ0v) is 15.5. The van der Waals surface area contributed by atoms with Crippen molar-refractivity contribution in [3.8, 4) is 0 Å². The van der Waals surface area contributed by atoms with Crippen molar-refractivity contribution < 1.29 is 0 Å². The molecule has 1 atom stereocenters. The van der Waals surface area contributed by atoms with Crippen molar-refractivity contribution in [2.45, 2.75) is 54.0 Å². The number of likely N-dealkylation sites (N-methyl/N-ethyl adjacent to an activating group) is 1. The van der Waals surface area contributed by atoms with E-state index in [0.29, 0.717) is 12.0 Å². The summed E-state index contributed by atoms with van der Waals surface area (Å²) in [6, 6.07) is 9.03. The van der Waals surface area contributed by atoms with Crippen molar-refractivity contribution in [1.82, 2.24) is 4.90 Å². The zero-order valence-electron chi connectivity index (χ0n) is 15.5. The minimum Gasteiger partial charge on any atom is -0.371 e. The van der Waals surface area contributed by atoms with E-state index in [1.54, 1.807) is 0 Å². The van der Waals surface area contributed by atoms with Crippen molar-refractivity contribution in [1.29, 1.82) is 0 Å². The number of allylic oxidation sites excluding steroid dienone is 1. The molecule has 1 nitrogen and oxygen atoms in total. The molecule has 0 amide bonds. The highest BCUT2D eigenvalue weighted by Crippen LogP contribution is 2.19. The summed E-state index contributed by atoms with van der Waals surface area (Å²) < 4.78 is 0. The van der Waals surface area contributed by atoms with Crippen molar-refractivity contribution in [2.24, 2.45) is 5.92 Å². The molecule has 0 aliphatic rings. The minimum absolute atomic E-state index is 0.370. The average molecular weight is 300 g/mol. The van der Waals surface area contributed by atoms with Crippen LogP contribution in [-0.4, -0.2) is 18.0 Å². The van der Waals surface area contributed by atoms with Crippen LogP contribution in [0.15, 0.2) is 54.4 Å². The summed E-state index contributed by atoms with van der Waals surface area (Å²) in [5, 5.41) is 0. The Bertz CT molecular complexity index is 501. The molecule has 1 aromatic rings. The van der Waals surface area contributed by atoms with Crippen LogP contribution < -0.4 is 0 Å². The molecule has 0 aliphatic heterocycles. The van der Waals surface area contributed by atoms with Gasteiger partial charge in [-0.05, 0) is 44.2 Å². The monoisotopic (exact) mass is 299 g/mol. The van der Waals surface area contributed by atoms with Gasteiger partial charge in [0.05, 0.1) is 6.04 Å². The number of hydrogen-bond donors (Lipinski definition) is 0. The van der Waals surface area contributed by atoms with Crippen LogP contribution in [0.5, 0.6) is 0 Å². The third kappa shape index (κ3) is 6.83. The molecule has 0 spiro atoms. The molecule has 0 saturated heterocycles. The van der Waals surface area contributed by atoms with Crippen molar-refractivity contribution in [3.63, 3.8) is 0 Å². The Kier molecular flexibility index (Phi) is 9.29. The molecule has 0 heterocycles. The highest BCUT2D eigenvalue weighted by atomic mass is 15.1. The maximum Gasteiger partial charge on any atom is 0.0589 e. The smallest absolute Gasteiger partial charge is 0.0589 e. The van der Waals surface area contributed by atoms with Gasteiger partial charge in [0, 0.05) is 12.7 Å². The van der Waals surface area contributed by atoms with Crippen LogP contribution in [0.3, 0.4) is 0 Å². The van der Waals surface area contributed by atoms with E-state index in [1.165, 1.54) is 16.7 Å². The number of rotatable bonds is 5. The summed E-state index contributed by atoms with van der Waals surface area (Å²) in [6.45, 7) is 20.4. The Hall–Kier alpha value is -1.72. The van der Waals surface area contributed by atoms with Gasteiger partial charge in [-0.2, -0.15) is 0 Å². The number of benzene rings is 1. The zero-order chi connectivity index (χ0) is 17.3. The van der Waals surface area contributed by atoms with Gasteiger partial charge in [0.15, 0.2) is 0 Å². The largest absolute Gasteiger partial charge is 0.371 e. The highest BCUT2D eigenvalue weighted by Gasteiger charge is 2.19. The van der Waals surface area contributed by atoms with E-state index in [2.05, 4.69) is 89.7 Å². The molecule has 0 aliphatic carbocycles. The molecular weight excluding hydrogens is 266 g/mol. The molecule has 1 heteroatoms. The summed E-state index contributed by atoms with van der Waals surface area (Å²) in [7, 11) is 2.06. The summed E-state index contributed by atoms with van der Waals surface area (Å²) in [6.07, 6.45) is 1.14. The van der Waals surface area contributed by atoms with Gasteiger partial charge in [-0.15, -0.1) is 5.73 Å². The number of aryl methyl sites for hydroxylation is 2. The lowest BCUT2D eigenvalue weighted by Gasteiger charge is -2.33. The molecule has 22 heavy (non-hydrogen) atoms. The summed E-state index contributed by atoms with van der Waals surface area (Å²) >= 11 is 0. The van der Waals surface area contributed by atoms with Gasteiger partial charge in [0.2, 0.25) is 0 Å². The first-order valence-electron chi connectivity index (χ1n) is 8.04. The molecule has 1 rings (SSSR count). The maximum absolute atomic E-state index is 3.94. The highest BCUT2D eigenvalue weighted by molar-refractivity contribution is 5.20. The lowest BCUT2D eigenvalue weighted by Crippen LogP contribution is -2.35. The second-order valence-electron chi connectivity index (χ2n) is 6.23. The fourth-order valence-electron chi connectivity index (χ4n) is 2.40. The van der Waals surface area contributed by atoms with E-state index in [4.69, 9.17) is 0 Å².